The van der Waals surface area contributed by atoms with E-state index in [4.69, 9.17) is 4.74 Å². The van der Waals surface area contributed by atoms with E-state index in [0.717, 1.165) is 19.4 Å². The van der Waals surface area contributed by atoms with Crippen LogP contribution in [0.25, 0.3) is 0 Å². The van der Waals surface area contributed by atoms with Gasteiger partial charge in [-0.2, -0.15) is 0 Å². The van der Waals surface area contributed by atoms with Crippen molar-refractivity contribution in [2.75, 3.05) is 6.54 Å². The Labute approximate surface area is 155 Å². The molecule has 0 radical (unpaired) electrons. The molecule has 0 atom stereocenters. The molecule has 3 nitrogen and oxygen atoms in total. The smallest absolute Gasteiger partial charge is 0.311 e. The maximum absolute atomic E-state index is 11.9. The molecule has 3 rings (SSSR count). The number of rotatable bonds is 6. The highest BCUT2D eigenvalue weighted by Gasteiger charge is 2.36. The second-order valence-electron chi connectivity index (χ2n) is 6.81. The lowest BCUT2D eigenvalue weighted by atomic mass is 9.87. The fourth-order valence-electron chi connectivity index (χ4n) is 3.21. The fourth-order valence-corrected chi connectivity index (χ4v) is 3.21. The Kier molecular flexibility index (Phi) is 6.38. The average Bonchev–Trinajstić information content (AvgIpc) is 2.84. The number of hydrogen-bond donors (Lipinski definition) is 0. The lowest BCUT2D eigenvalue weighted by Gasteiger charge is -2.09. The maximum atomic E-state index is 11.9. The van der Waals surface area contributed by atoms with Gasteiger partial charge in [-0.1, -0.05) is 36.4 Å². The van der Waals surface area contributed by atoms with E-state index >= 15 is 0 Å². The van der Waals surface area contributed by atoms with E-state index in [9.17, 15) is 4.79 Å². The molecule has 0 spiro atoms. The van der Waals surface area contributed by atoms with E-state index in [1.165, 1.54) is 11.3 Å². The number of esters is 1. The first-order valence-electron chi connectivity index (χ1n) is 8.54. The quantitative estimate of drug-likeness (QED) is 0.339. The molecule has 0 saturated carbocycles. The van der Waals surface area contributed by atoms with E-state index in [-0.39, 0.29) is 23.8 Å². The van der Waals surface area contributed by atoms with Crippen LogP contribution in [0.15, 0.2) is 54.6 Å². The van der Waals surface area contributed by atoms with Crippen LogP contribution in [-0.4, -0.2) is 23.3 Å². The summed E-state index contributed by atoms with van der Waals surface area (Å²) in [6.45, 7) is 5.41. The van der Waals surface area contributed by atoms with E-state index in [2.05, 4.69) is 48.9 Å². The molecule has 0 bridgehead atoms. The number of carbonyl (C=O) groups is 1. The number of unbranched alkanes of at least 4 members (excludes halogenated alkanes) is 1. The first-order valence-corrected chi connectivity index (χ1v) is 8.54. The van der Waals surface area contributed by atoms with Gasteiger partial charge in [0.15, 0.2) is 6.21 Å². The molecule has 1 heterocycles. The predicted octanol–water partition coefficient (Wildman–Crippen LogP) is 1.47. The summed E-state index contributed by atoms with van der Waals surface area (Å²) >= 11 is 0. The van der Waals surface area contributed by atoms with Crippen LogP contribution in [-0.2, 0) is 10.2 Å². The highest BCUT2D eigenvalue weighted by Crippen LogP contribution is 2.35. The third-order valence-corrected chi connectivity index (χ3v) is 4.39. The average molecular weight is 358 g/mol. The lowest BCUT2D eigenvalue weighted by Crippen LogP contribution is -3.00. The van der Waals surface area contributed by atoms with Gasteiger partial charge < -0.3 is 17.1 Å². The first-order chi connectivity index (χ1) is 11.6. The van der Waals surface area contributed by atoms with Gasteiger partial charge in [-0.05, 0) is 32.4 Å². The van der Waals surface area contributed by atoms with Crippen molar-refractivity contribution >= 4 is 17.9 Å². The monoisotopic (exact) mass is 357 g/mol. The predicted molar refractivity (Wildman–Crippen MR) is 96.2 cm³/mol. The molecular weight excluding hydrogens is 334 g/mol. The molecule has 0 fully saturated rings. The number of benzene rings is 2. The Bertz CT molecular complexity index is 754. The number of fused-ring (bicyclic) bond motifs is 1. The Hall–Kier alpha value is -2.13. The van der Waals surface area contributed by atoms with Crippen molar-refractivity contribution in [1.82, 2.24) is 0 Å². The number of hydrogen-bond acceptors (Lipinski definition) is 2. The molecule has 0 saturated heterocycles. The molecule has 0 aliphatic carbocycles. The normalized spacial score (nSPS) is 14.2. The van der Waals surface area contributed by atoms with Crippen LogP contribution < -0.4 is 17.1 Å². The van der Waals surface area contributed by atoms with Crippen molar-refractivity contribution in [3.05, 3.63) is 60.2 Å². The number of carbonyl (C=O) groups excluding carboxylic acids is 1. The van der Waals surface area contributed by atoms with Crippen molar-refractivity contribution in [1.29, 1.82) is 0 Å². The van der Waals surface area contributed by atoms with Gasteiger partial charge in [-0.3, -0.25) is 4.79 Å². The second kappa shape index (κ2) is 8.30. The van der Waals surface area contributed by atoms with Crippen LogP contribution in [0.5, 0.6) is 5.75 Å². The van der Waals surface area contributed by atoms with E-state index in [1.807, 2.05) is 18.2 Å². The Morgan fingerprint density at radius 1 is 1.00 bits per heavy atom. The van der Waals surface area contributed by atoms with Crippen molar-refractivity contribution in [2.45, 2.75) is 38.5 Å². The number of ether oxygens (including phenoxy) is 1. The van der Waals surface area contributed by atoms with Gasteiger partial charge in [0.2, 0.25) is 5.69 Å². The highest BCUT2D eigenvalue weighted by molar-refractivity contribution is 5.76. The van der Waals surface area contributed by atoms with Crippen LogP contribution >= 0.6 is 0 Å². The van der Waals surface area contributed by atoms with Crippen molar-refractivity contribution in [3.8, 4) is 5.75 Å². The zero-order chi connectivity index (χ0) is 17.0. The van der Waals surface area contributed by atoms with E-state index < -0.39 is 0 Å². The molecule has 132 valence electrons. The minimum absolute atomic E-state index is 0. The third kappa shape index (κ3) is 4.70. The maximum Gasteiger partial charge on any atom is 0.311 e. The van der Waals surface area contributed by atoms with Crippen LogP contribution in [0.3, 0.4) is 0 Å². The molecular formula is C21H24ClNO2. The summed E-state index contributed by atoms with van der Waals surface area (Å²) in [5.41, 5.74) is 2.73. The molecule has 0 aromatic heterocycles. The Morgan fingerprint density at radius 2 is 1.68 bits per heavy atom. The second-order valence-corrected chi connectivity index (χ2v) is 6.81. The van der Waals surface area contributed by atoms with Gasteiger partial charge in [0.1, 0.15) is 12.3 Å². The summed E-state index contributed by atoms with van der Waals surface area (Å²) in [6.07, 6.45) is 4.54. The van der Waals surface area contributed by atoms with Gasteiger partial charge >= 0.3 is 5.97 Å². The van der Waals surface area contributed by atoms with Crippen molar-refractivity contribution < 1.29 is 26.5 Å². The molecule has 25 heavy (non-hydrogen) atoms. The summed E-state index contributed by atoms with van der Waals surface area (Å²) in [7, 11) is 0. The SMILES string of the molecule is CC1(C)C=[N+](CCCCC(=O)Oc2ccccc2)c2ccccc21.[Cl-]. The topological polar surface area (TPSA) is 29.3 Å². The molecule has 0 N–H and O–H groups in total. The van der Waals surface area contributed by atoms with Gasteiger partial charge in [-0.25, -0.2) is 4.58 Å². The molecule has 2 aromatic carbocycles. The standard InChI is InChI=1S/C21H24NO2.ClH/c1-21(2)16-22(19-13-7-6-12-18(19)21)15-9-8-14-20(23)24-17-10-4-3-5-11-17;/h3-7,10-13,16H,8-9,14-15H2,1-2H3;1H/q+1;/p-1. The number of halogens is 1. The minimum Gasteiger partial charge on any atom is -1.00 e. The zero-order valence-electron chi connectivity index (χ0n) is 14.7. The Morgan fingerprint density at radius 3 is 2.44 bits per heavy atom. The molecule has 2 aromatic rings. The van der Waals surface area contributed by atoms with Gasteiger partial charge in [0, 0.05) is 24.5 Å². The largest absolute Gasteiger partial charge is 1.00 e. The van der Waals surface area contributed by atoms with Crippen molar-refractivity contribution in [3.63, 3.8) is 0 Å². The molecule has 4 heteroatoms. The van der Waals surface area contributed by atoms with Gasteiger partial charge in [-0.15, -0.1) is 0 Å². The van der Waals surface area contributed by atoms with Crippen LogP contribution in [0.2, 0.25) is 0 Å². The summed E-state index contributed by atoms with van der Waals surface area (Å²) < 4.78 is 7.63. The lowest BCUT2D eigenvalue weighted by molar-refractivity contribution is -0.434. The zero-order valence-corrected chi connectivity index (χ0v) is 15.5. The Balaban J connectivity index is 0.00000225. The molecule has 1 aliphatic rings. The summed E-state index contributed by atoms with van der Waals surface area (Å²) in [5.74, 6) is 0.457. The van der Waals surface area contributed by atoms with Crippen molar-refractivity contribution in [2.24, 2.45) is 0 Å². The third-order valence-electron chi connectivity index (χ3n) is 4.39. The van der Waals surface area contributed by atoms with Crippen LogP contribution in [0, 0.1) is 0 Å². The summed E-state index contributed by atoms with van der Waals surface area (Å²) in [6, 6.07) is 17.8. The van der Waals surface area contributed by atoms with Crippen LogP contribution in [0.4, 0.5) is 5.69 Å². The van der Waals surface area contributed by atoms with E-state index in [1.54, 1.807) is 12.1 Å². The summed E-state index contributed by atoms with van der Waals surface area (Å²) in [4.78, 5) is 11.9. The number of nitrogens with zero attached hydrogens (tertiary/aromatic N) is 1. The number of para-hydroxylation sites is 2. The van der Waals surface area contributed by atoms with Gasteiger partial charge in [0.05, 0.1) is 5.41 Å². The van der Waals surface area contributed by atoms with Gasteiger partial charge in [0.25, 0.3) is 0 Å². The van der Waals surface area contributed by atoms with E-state index in [0.29, 0.717) is 12.2 Å². The van der Waals surface area contributed by atoms with Crippen LogP contribution in [0.1, 0.15) is 38.7 Å². The first kappa shape index (κ1) is 19.2. The summed E-state index contributed by atoms with van der Waals surface area (Å²) in [5, 5.41) is 0. The molecule has 0 amide bonds. The fraction of sp³-hybridized carbons (Fsp3) is 0.333. The molecule has 1 aliphatic heterocycles. The molecule has 0 unspecified atom stereocenters. The highest BCUT2D eigenvalue weighted by atomic mass is 35.5. The minimum atomic E-state index is -0.160.